The molecule has 1 atom stereocenters. The lowest BCUT2D eigenvalue weighted by Gasteiger charge is -2.09. The summed E-state index contributed by atoms with van der Waals surface area (Å²) in [5, 5.41) is 0. The van der Waals surface area contributed by atoms with Crippen LogP contribution in [0, 0.1) is 5.92 Å². The van der Waals surface area contributed by atoms with Gasteiger partial charge in [-0.2, -0.15) is 0 Å². The molecule has 0 aliphatic heterocycles. The Morgan fingerprint density at radius 3 is 2.79 bits per heavy atom. The molecule has 1 aliphatic carbocycles. The minimum atomic E-state index is 0.893. The molecule has 0 nitrogen and oxygen atoms in total. The molecule has 1 aliphatic rings. The molecule has 1 unspecified atom stereocenters. The van der Waals surface area contributed by atoms with Gasteiger partial charge < -0.3 is 0 Å². The summed E-state index contributed by atoms with van der Waals surface area (Å²) in [5.41, 5.74) is 3.21. The van der Waals surface area contributed by atoms with Gasteiger partial charge in [0.2, 0.25) is 0 Å². The van der Waals surface area contributed by atoms with Crippen molar-refractivity contribution in [1.82, 2.24) is 0 Å². The highest BCUT2D eigenvalue weighted by Gasteiger charge is 2.04. The van der Waals surface area contributed by atoms with Crippen LogP contribution in [0.5, 0.6) is 0 Å². The lowest BCUT2D eigenvalue weighted by atomic mass is 9.97. The number of allylic oxidation sites excluding steroid dienone is 4. The van der Waals surface area contributed by atoms with Crippen molar-refractivity contribution in [3.05, 3.63) is 23.3 Å². The Balaban J connectivity index is 2.37. The fourth-order valence-corrected chi connectivity index (χ4v) is 1.87. The normalized spacial score (nSPS) is 19.6. The second-order valence-corrected chi connectivity index (χ2v) is 4.74. The molecular weight excluding hydrogens is 168 g/mol. The van der Waals surface area contributed by atoms with Crippen LogP contribution in [0.3, 0.4) is 0 Å². The molecule has 0 aromatic rings. The summed E-state index contributed by atoms with van der Waals surface area (Å²) in [7, 11) is 0. The highest BCUT2D eigenvalue weighted by Crippen LogP contribution is 2.23. The van der Waals surface area contributed by atoms with Crippen LogP contribution in [0.25, 0.3) is 0 Å². The van der Waals surface area contributed by atoms with Crippen LogP contribution in [0.2, 0.25) is 0 Å². The lowest BCUT2D eigenvalue weighted by molar-refractivity contribution is 0.510. The van der Waals surface area contributed by atoms with Gasteiger partial charge in [-0.3, -0.25) is 0 Å². The molecular formula is C14H24. The fourth-order valence-electron chi connectivity index (χ4n) is 1.87. The monoisotopic (exact) mass is 192 g/mol. The first-order chi connectivity index (χ1) is 6.72. The zero-order valence-electron chi connectivity index (χ0n) is 9.97. The van der Waals surface area contributed by atoms with Crippen molar-refractivity contribution in [3.8, 4) is 0 Å². The van der Waals surface area contributed by atoms with Gasteiger partial charge in [0.1, 0.15) is 0 Å². The van der Waals surface area contributed by atoms with Gasteiger partial charge in [0, 0.05) is 0 Å². The molecule has 0 aromatic carbocycles. The molecule has 0 bridgehead atoms. The van der Waals surface area contributed by atoms with Crippen molar-refractivity contribution >= 4 is 0 Å². The largest absolute Gasteiger partial charge is 0.0733 e. The number of hydrogen-bond donors (Lipinski definition) is 0. The van der Waals surface area contributed by atoms with Gasteiger partial charge in [0.25, 0.3) is 0 Å². The molecule has 0 N–H and O–H groups in total. The van der Waals surface area contributed by atoms with Gasteiger partial charge in [0.15, 0.2) is 0 Å². The van der Waals surface area contributed by atoms with Crippen molar-refractivity contribution < 1.29 is 0 Å². The van der Waals surface area contributed by atoms with Gasteiger partial charge in [-0.15, -0.1) is 0 Å². The summed E-state index contributed by atoms with van der Waals surface area (Å²) in [6.45, 7) is 6.89. The van der Waals surface area contributed by atoms with Gasteiger partial charge in [-0.1, -0.05) is 43.6 Å². The predicted molar refractivity (Wildman–Crippen MR) is 64.4 cm³/mol. The Morgan fingerprint density at radius 2 is 2.07 bits per heavy atom. The van der Waals surface area contributed by atoms with Crippen molar-refractivity contribution in [3.63, 3.8) is 0 Å². The third-order valence-electron chi connectivity index (χ3n) is 3.33. The Morgan fingerprint density at radius 1 is 1.29 bits per heavy atom. The summed E-state index contributed by atoms with van der Waals surface area (Å²) >= 11 is 0. The standard InChI is InChI=1S/C14H24/c1-4-12(2)8-10-14-7-5-6-13(3)9-11-14/h9,11-12H,4-8,10H2,1-3H3. The topological polar surface area (TPSA) is 0 Å². The van der Waals surface area contributed by atoms with E-state index in [9.17, 15) is 0 Å². The van der Waals surface area contributed by atoms with Crippen LogP contribution in [0.15, 0.2) is 23.3 Å². The molecule has 0 aromatic heterocycles. The summed E-state index contributed by atoms with van der Waals surface area (Å²) in [6.07, 6.45) is 12.7. The maximum absolute atomic E-state index is 2.37. The van der Waals surface area contributed by atoms with E-state index in [0.717, 1.165) is 5.92 Å². The average Bonchev–Trinajstić information content (AvgIpc) is 2.39. The van der Waals surface area contributed by atoms with Crippen LogP contribution in [-0.4, -0.2) is 0 Å². The van der Waals surface area contributed by atoms with E-state index in [4.69, 9.17) is 0 Å². The zero-order valence-corrected chi connectivity index (χ0v) is 9.97. The van der Waals surface area contributed by atoms with Crippen LogP contribution in [0.1, 0.15) is 59.3 Å². The van der Waals surface area contributed by atoms with Crippen LogP contribution in [0.4, 0.5) is 0 Å². The second kappa shape index (κ2) is 6.06. The van der Waals surface area contributed by atoms with E-state index in [-0.39, 0.29) is 0 Å². The maximum Gasteiger partial charge on any atom is -0.0314 e. The second-order valence-electron chi connectivity index (χ2n) is 4.74. The summed E-state index contributed by atoms with van der Waals surface area (Å²) in [6, 6.07) is 0. The Hall–Kier alpha value is -0.520. The molecule has 0 spiro atoms. The van der Waals surface area contributed by atoms with Crippen molar-refractivity contribution in [1.29, 1.82) is 0 Å². The summed E-state index contributed by atoms with van der Waals surface area (Å²) in [4.78, 5) is 0. The molecule has 1 rings (SSSR count). The molecule has 0 fully saturated rings. The van der Waals surface area contributed by atoms with Gasteiger partial charge in [-0.25, -0.2) is 0 Å². The summed E-state index contributed by atoms with van der Waals surface area (Å²) in [5.74, 6) is 0.893. The zero-order chi connectivity index (χ0) is 10.4. The molecule has 0 saturated heterocycles. The molecule has 0 heterocycles. The minimum Gasteiger partial charge on any atom is -0.0733 e. The van der Waals surface area contributed by atoms with Crippen LogP contribution in [-0.2, 0) is 0 Å². The Labute approximate surface area is 89.1 Å². The van der Waals surface area contributed by atoms with E-state index in [1.165, 1.54) is 38.5 Å². The number of hydrogen-bond acceptors (Lipinski definition) is 0. The van der Waals surface area contributed by atoms with Crippen LogP contribution < -0.4 is 0 Å². The quantitative estimate of drug-likeness (QED) is 0.596. The van der Waals surface area contributed by atoms with E-state index in [2.05, 4.69) is 32.9 Å². The first kappa shape index (κ1) is 11.6. The van der Waals surface area contributed by atoms with E-state index in [0.29, 0.717) is 0 Å². The Kier molecular flexibility index (Phi) is 5.00. The molecule has 14 heavy (non-hydrogen) atoms. The number of rotatable bonds is 4. The third-order valence-corrected chi connectivity index (χ3v) is 3.33. The van der Waals surface area contributed by atoms with Gasteiger partial charge in [0.05, 0.1) is 0 Å². The molecule has 0 saturated carbocycles. The lowest BCUT2D eigenvalue weighted by Crippen LogP contribution is -1.93. The van der Waals surface area contributed by atoms with Gasteiger partial charge in [-0.05, 0) is 44.9 Å². The van der Waals surface area contributed by atoms with Crippen molar-refractivity contribution in [2.75, 3.05) is 0 Å². The Bertz CT molecular complexity index is 220. The average molecular weight is 192 g/mol. The molecule has 80 valence electrons. The minimum absolute atomic E-state index is 0.893. The van der Waals surface area contributed by atoms with E-state index >= 15 is 0 Å². The van der Waals surface area contributed by atoms with E-state index < -0.39 is 0 Å². The maximum atomic E-state index is 2.37. The highest BCUT2D eigenvalue weighted by atomic mass is 14.1. The molecule has 0 heteroatoms. The summed E-state index contributed by atoms with van der Waals surface area (Å²) < 4.78 is 0. The SMILES string of the molecule is CCC(C)CCC1=CC=C(C)CCC1. The first-order valence-electron chi connectivity index (χ1n) is 6.07. The molecule has 0 radical (unpaired) electrons. The first-order valence-corrected chi connectivity index (χ1v) is 6.07. The van der Waals surface area contributed by atoms with Crippen LogP contribution >= 0.6 is 0 Å². The fraction of sp³-hybridized carbons (Fsp3) is 0.714. The smallest absolute Gasteiger partial charge is 0.0314 e. The van der Waals surface area contributed by atoms with Crippen molar-refractivity contribution in [2.24, 2.45) is 5.92 Å². The highest BCUT2D eigenvalue weighted by molar-refractivity contribution is 5.19. The molecule has 0 amide bonds. The van der Waals surface area contributed by atoms with E-state index in [1.807, 2.05) is 0 Å². The predicted octanol–water partition coefficient (Wildman–Crippen LogP) is 4.87. The third kappa shape index (κ3) is 4.13. The van der Waals surface area contributed by atoms with Crippen molar-refractivity contribution in [2.45, 2.75) is 59.3 Å². The van der Waals surface area contributed by atoms with Gasteiger partial charge >= 0.3 is 0 Å². The van der Waals surface area contributed by atoms with E-state index in [1.54, 1.807) is 11.1 Å².